The van der Waals surface area contributed by atoms with Crippen molar-refractivity contribution >= 4 is 10.9 Å². The molecule has 2 heterocycles. The molecule has 3 aromatic carbocycles. The molecule has 1 aromatic heterocycles. The van der Waals surface area contributed by atoms with Gasteiger partial charge in [0.25, 0.3) is 5.56 Å². The molecule has 36 heavy (non-hydrogen) atoms. The molecule has 1 atom stereocenters. The van der Waals surface area contributed by atoms with Crippen LogP contribution in [-0.4, -0.2) is 45.8 Å². The molecule has 1 aliphatic heterocycles. The monoisotopic (exact) mass is 481 g/mol. The van der Waals surface area contributed by atoms with Crippen LogP contribution in [0.1, 0.15) is 25.7 Å². The average molecular weight is 482 g/mol. The molecule has 0 bridgehead atoms. The molecule has 0 radical (unpaired) electrons. The highest BCUT2D eigenvalue weighted by atomic mass is 16.5. The molecule has 4 aromatic rings. The van der Waals surface area contributed by atoms with Gasteiger partial charge in [0, 0.05) is 19.1 Å². The zero-order valence-corrected chi connectivity index (χ0v) is 20.6. The number of aromatic nitrogens is 2. The summed E-state index contributed by atoms with van der Waals surface area (Å²) in [5.41, 5.74) is 3.35. The number of para-hydroxylation sites is 1. The molecule has 1 saturated carbocycles. The van der Waals surface area contributed by atoms with E-state index >= 15 is 0 Å². The van der Waals surface area contributed by atoms with E-state index in [-0.39, 0.29) is 11.3 Å². The molecule has 6 heteroatoms. The number of likely N-dealkylation sites (tertiary alicyclic amines) is 1. The van der Waals surface area contributed by atoms with Crippen molar-refractivity contribution in [3.8, 4) is 34.0 Å². The number of ether oxygens (including phenoxy) is 1. The van der Waals surface area contributed by atoms with E-state index in [0.717, 1.165) is 42.2 Å². The fourth-order valence-corrected chi connectivity index (χ4v) is 5.61. The van der Waals surface area contributed by atoms with E-state index < -0.39 is 0 Å². The first-order valence-corrected chi connectivity index (χ1v) is 12.8. The predicted octanol–water partition coefficient (Wildman–Crippen LogP) is 5.32. The minimum absolute atomic E-state index is 0.0244. The maximum Gasteiger partial charge on any atom is 0.261 e. The van der Waals surface area contributed by atoms with Gasteiger partial charge in [0.2, 0.25) is 0 Å². The number of hydrogen-bond donors (Lipinski definition) is 1. The van der Waals surface area contributed by atoms with E-state index in [0.29, 0.717) is 34.9 Å². The maximum absolute atomic E-state index is 14.1. The van der Waals surface area contributed by atoms with Crippen LogP contribution in [0.25, 0.3) is 33.4 Å². The summed E-state index contributed by atoms with van der Waals surface area (Å²) in [6.45, 7) is 2.79. The molecule has 6 rings (SSSR count). The Bertz CT molecular complexity index is 1460. The largest absolute Gasteiger partial charge is 0.508 e. The summed E-state index contributed by atoms with van der Waals surface area (Å²) in [5.74, 6) is 2.00. The molecule has 1 aliphatic carbocycles. The molecular formula is C30H31N3O3. The van der Waals surface area contributed by atoms with E-state index in [1.807, 2.05) is 59.2 Å². The summed E-state index contributed by atoms with van der Waals surface area (Å²) in [4.78, 5) is 21.7. The quantitative estimate of drug-likeness (QED) is 0.404. The van der Waals surface area contributed by atoms with Crippen LogP contribution < -0.4 is 10.3 Å². The smallest absolute Gasteiger partial charge is 0.261 e. The normalized spacial score (nSPS) is 18.4. The molecule has 2 fully saturated rings. The minimum atomic E-state index is -0.0244. The maximum atomic E-state index is 14.1. The predicted molar refractivity (Wildman–Crippen MR) is 142 cm³/mol. The van der Waals surface area contributed by atoms with Crippen molar-refractivity contribution < 1.29 is 9.84 Å². The number of nitrogens with zero attached hydrogens (tertiary/aromatic N) is 3. The lowest BCUT2D eigenvalue weighted by atomic mass is 9.92. The highest BCUT2D eigenvalue weighted by Crippen LogP contribution is 2.33. The Kier molecular flexibility index (Phi) is 5.97. The third kappa shape index (κ3) is 4.16. The van der Waals surface area contributed by atoms with Crippen LogP contribution in [0.5, 0.6) is 11.5 Å². The Morgan fingerprint density at radius 1 is 1.00 bits per heavy atom. The van der Waals surface area contributed by atoms with Gasteiger partial charge in [0.15, 0.2) is 0 Å². The number of fused-ring (bicyclic) bond motifs is 1. The van der Waals surface area contributed by atoms with Gasteiger partial charge in [-0.1, -0.05) is 36.8 Å². The second kappa shape index (κ2) is 9.43. The summed E-state index contributed by atoms with van der Waals surface area (Å²) >= 11 is 0. The van der Waals surface area contributed by atoms with E-state index in [1.165, 1.54) is 19.3 Å². The lowest BCUT2D eigenvalue weighted by molar-refractivity contribution is 0.152. The van der Waals surface area contributed by atoms with Gasteiger partial charge in [-0.3, -0.25) is 9.36 Å². The molecule has 1 N–H and O–H groups in total. The Morgan fingerprint density at radius 3 is 2.53 bits per heavy atom. The van der Waals surface area contributed by atoms with E-state index in [4.69, 9.17) is 9.72 Å². The number of phenols is 1. The Hall–Kier alpha value is -3.64. The summed E-state index contributed by atoms with van der Waals surface area (Å²) in [7, 11) is 1.65. The van der Waals surface area contributed by atoms with Crippen molar-refractivity contribution in [3.05, 3.63) is 77.1 Å². The van der Waals surface area contributed by atoms with Gasteiger partial charge in [0.1, 0.15) is 17.3 Å². The molecule has 1 unspecified atom stereocenters. The van der Waals surface area contributed by atoms with Gasteiger partial charge in [0.05, 0.1) is 23.6 Å². The summed E-state index contributed by atoms with van der Waals surface area (Å²) in [5, 5.41) is 10.3. The first-order chi connectivity index (χ1) is 17.6. The van der Waals surface area contributed by atoms with E-state index in [2.05, 4.69) is 4.90 Å². The van der Waals surface area contributed by atoms with Gasteiger partial charge >= 0.3 is 0 Å². The topological polar surface area (TPSA) is 67.6 Å². The second-order valence-electron chi connectivity index (χ2n) is 10.1. The van der Waals surface area contributed by atoms with Crippen LogP contribution >= 0.6 is 0 Å². The van der Waals surface area contributed by atoms with Crippen LogP contribution in [0.3, 0.4) is 0 Å². The highest BCUT2D eigenvalue weighted by molar-refractivity contribution is 5.85. The lowest BCUT2D eigenvalue weighted by Gasteiger charge is -2.34. The van der Waals surface area contributed by atoms with Crippen molar-refractivity contribution in [3.63, 3.8) is 0 Å². The van der Waals surface area contributed by atoms with Crippen molar-refractivity contribution in [2.24, 2.45) is 5.92 Å². The molecule has 6 nitrogen and oxygen atoms in total. The van der Waals surface area contributed by atoms with Crippen molar-refractivity contribution in [2.75, 3.05) is 20.2 Å². The van der Waals surface area contributed by atoms with Crippen molar-refractivity contribution in [1.29, 1.82) is 0 Å². The third-order valence-corrected chi connectivity index (χ3v) is 7.85. The number of benzene rings is 3. The Labute approximate surface area is 210 Å². The Balaban J connectivity index is 1.45. The molecule has 0 spiro atoms. The number of hydrogen-bond acceptors (Lipinski definition) is 5. The third-order valence-electron chi connectivity index (χ3n) is 7.85. The van der Waals surface area contributed by atoms with Gasteiger partial charge in [-0.05, 0) is 79.3 Å². The van der Waals surface area contributed by atoms with Gasteiger partial charge in [-0.15, -0.1) is 0 Å². The fourth-order valence-electron chi connectivity index (χ4n) is 5.61. The van der Waals surface area contributed by atoms with Gasteiger partial charge in [-0.2, -0.15) is 0 Å². The zero-order chi connectivity index (χ0) is 24.6. The molecule has 184 valence electrons. The highest BCUT2D eigenvalue weighted by Gasteiger charge is 2.32. The molecule has 1 saturated heterocycles. The van der Waals surface area contributed by atoms with E-state index in [9.17, 15) is 9.90 Å². The van der Waals surface area contributed by atoms with Crippen molar-refractivity contribution in [1.82, 2.24) is 14.5 Å². The Morgan fingerprint density at radius 2 is 1.78 bits per heavy atom. The minimum Gasteiger partial charge on any atom is -0.508 e. The van der Waals surface area contributed by atoms with Crippen LogP contribution in [0, 0.1) is 5.92 Å². The number of methoxy groups -OCH3 is 1. The second-order valence-corrected chi connectivity index (χ2v) is 10.1. The first-order valence-electron chi connectivity index (χ1n) is 12.8. The molecule has 2 aliphatic rings. The number of aromatic hydroxyl groups is 1. The average Bonchev–Trinajstić information content (AvgIpc) is 3.32. The van der Waals surface area contributed by atoms with Gasteiger partial charge in [-0.25, -0.2) is 4.98 Å². The zero-order valence-electron chi connectivity index (χ0n) is 20.6. The number of phenolic OH excluding ortho intramolecular Hbond substituents is 1. The summed E-state index contributed by atoms with van der Waals surface area (Å²) < 4.78 is 7.52. The van der Waals surface area contributed by atoms with Crippen LogP contribution in [0.15, 0.2) is 71.5 Å². The fraction of sp³-hybridized carbons (Fsp3) is 0.333. The van der Waals surface area contributed by atoms with Crippen LogP contribution in [0.4, 0.5) is 0 Å². The van der Waals surface area contributed by atoms with Gasteiger partial charge < -0.3 is 14.7 Å². The van der Waals surface area contributed by atoms with Crippen LogP contribution in [0.2, 0.25) is 0 Å². The molecular weight excluding hydrogens is 450 g/mol. The summed E-state index contributed by atoms with van der Waals surface area (Å²) in [6.07, 6.45) is 5.04. The first kappa shape index (κ1) is 22.8. The number of rotatable bonds is 6. The lowest BCUT2D eigenvalue weighted by Crippen LogP contribution is -2.38. The van der Waals surface area contributed by atoms with Crippen LogP contribution in [-0.2, 0) is 6.54 Å². The van der Waals surface area contributed by atoms with Crippen molar-refractivity contribution in [2.45, 2.75) is 38.3 Å². The van der Waals surface area contributed by atoms with E-state index in [1.54, 1.807) is 19.2 Å². The molecule has 0 amide bonds. The summed E-state index contributed by atoms with van der Waals surface area (Å²) in [6, 6.07) is 21.4. The standard InChI is InChI=1S/C30H31N3O3/c1-36-28-8-3-2-7-25(28)29-31-27-14-11-22(21-9-12-24(34)13-10-21)17-26(27)30(35)33(29)19-20-15-16-32(18-20)23-5-4-6-23/h2-3,7-14,17,20,23,34H,4-6,15-16,18-19H2,1H3. The SMILES string of the molecule is COc1ccccc1-c1nc2ccc(-c3ccc(O)cc3)cc2c(=O)n1CC1CCN(C2CCC2)C1.